The van der Waals surface area contributed by atoms with Crippen LogP contribution in [0, 0.1) is 13.8 Å². The maximum absolute atomic E-state index is 11.9. The predicted octanol–water partition coefficient (Wildman–Crippen LogP) is 4.01. The molecule has 1 aromatic heterocycles. The summed E-state index contributed by atoms with van der Waals surface area (Å²) in [6.45, 7) is 4.68. The lowest BCUT2D eigenvalue weighted by Crippen LogP contribution is -2.25. The molecule has 0 bridgehead atoms. The molecule has 24 heavy (non-hydrogen) atoms. The van der Waals surface area contributed by atoms with Gasteiger partial charge in [-0.15, -0.1) is 0 Å². The van der Waals surface area contributed by atoms with E-state index in [1.165, 1.54) is 0 Å². The van der Waals surface area contributed by atoms with Gasteiger partial charge >= 0.3 is 0 Å². The molecule has 1 N–H and O–H groups in total. The van der Waals surface area contributed by atoms with Crippen molar-refractivity contribution in [2.75, 3.05) is 18.6 Å². The Balaban J connectivity index is 1.88. The lowest BCUT2D eigenvalue weighted by atomic mass is 10.1. The maximum atomic E-state index is 11.9. The van der Waals surface area contributed by atoms with Crippen LogP contribution < -0.4 is 10.1 Å². The van der Waals surface area contributed by atoms with E-state index in [1.54, 1.807) is 17.8 Å². The molecule has 0 unspecified atom stereocenters. The van der Waals surface area contributed by atoms with E-state index in [0.717, 1.165) is 28.3 Å². The number of amides is 1. The number of carbonyl (C=O) groups excluding carboxylic acids is 1. The van der Waals surface area contributed by atoms with Crippen LogP contribution in [0.25, 0.3) is 0 Å². The highest BCUT2D eigenvalue weighted by Crippen LogP contribution is 2.26. The van der Waals surface area contributed by atoms with Crippen LogP contribution >= 0.6 is 23.4 Å². The summed E-state index contributed by atoms with van der Waals surface area (Å²) >= 11 is 7.89. The van der Waals surface area contributed by atoms with Gasteiger partial charge in [0.2, 0.25) is 0 Å². The Kier molecular flexibility index (Phi) is 6.99. The molecule has 1 amide bonds. The Morgan fingerprint density at radius 1 is 1.33 bits per heavy atom. The molecule has 1 aromatic carbocycles. The van der Waals surface area contributed by atoms with Crippen molar-refractivity contribution >= 4 is 29.3 Å². The first-order valence-corrected chi connectivity index (χ1v) is 9.40. The molecule has 0 fully saturated rings. The van der Waals surface area contributed by atoms with E-state index in [1.807, 2.05) is 32.2 Å². The molecule has 0 aliphatic carbocycles. The van der Waals surface area contributed by atoms with Crippen LogP contribution in [-0.4, -0.2) is 29.6 Å². The second-order valence-electron chi connectivity index (χ2n) is 5.44. The van der Waals surface area contributed by atoms with Crippen LogP contribution in [-0.2, 0) is 6.61 Å². The van der Waals surface area contributed by atoms with Crippen LogP contribution in [0.3, 0.4) is 0 Å². The molecular formula is C17H21ClN2O3S. The van der Waals surface area contributed by atoms with E-state index in [0.29, 0.717) is 18.1 Å². The highest BCUT2D eigenvalue weighted by atomic mass is 35.5. The van der Waals surface area contributed by atoms with Crippen molar-refractivity contribution in [3.8, 4) is 5.75 Å². The zero-order chi connectivity index (χ0) is 17.5. The first-order valence-electron chi connectivity index (χ1n) is 7.63. The number of aryl methyl sites for hydroxylation is 2. The SMILES string of the molecule is CSCCCNC(=O)c1cc(COc2cc(C)c(Cl)c(C)c2)on1. The van der Waals surface area contributed by atoms with Crippen LogP contribution in [0.2, 0.25) is 5.02 Å². The fourth-order valence-electron chi connectivity index (χ4n) is 2.14. The van der Waals surface area contributed by atoms with Crippen molar-refractivity contribution in [1.82, 2.24) is 10.5 Å². The van der Waals surface area contributed by atoms with Crippen LogP contribution in [0.4, 0.5) is 0 Å². The lowest BCUT2D eigenvalue weighted by molar-refractivity contribution is 0.0944. The van der Waals surface area contributed by atoms with Gasteiger partial charge in [-0.25, -0.2) is 0 Å². The third-order valence-corrected chi connectivity index (χ3v) is 4.69. The van der Waals surface area contributed by atoms with E-state index < -0.39 is 0 Å². The summed E-state index contributed by atoms with van der Waals surface area (Å²) in [5.41, 5.74) is 2.17. The predicted molar refractivity (Wildman–Crippen MR) is 97.1 cm³/mol. The monoisotopic (exact) mass is 368 g/mol. The van der Waals surface area contributed by atoms with E-state index >= 15 is 0 Å². The highest BCUT2D eigenvalue weighted by Gasteiger charge is 2.13. The maximum Gasteiger partial charge on any atom is 0.273 e. The average Bonchev–Trinajstić information content (AvgIpc) is 3.03. The van der Waals surface area contributed by atoms with Gasteiger partial charge in [0.15, 0.2) is 11.5 Å². The molecule has 130 valence electrons. The number of thioether (sulfide) groups is 1. The Morgan fingerprint density at radius 2 is 2.04 bits per heavy atom. The van der Waals surface area contributed by atoms with Crippen molar-refractivity contribution < 1.29 is 14.1 Å². The van der Waals surface area contributed by atoms with Gasteiger partial charge in [0.1, 0.15) is 12.4 Å². The highest BCUT2D eigenvalue weighted by molar-refractivity contribution is 7.98. The summed E-state index contributed by atoms with van der Waals surface area (Å²) in [4.78, 5) is 11.9. The minimum Gasteiger partial charge on any atom is -0.486 e. The quantitative estimate of drug-likeness (QED) is 0.713. The van der Waals surface area contributed by atoms with Crippen LogP contribution in [0.5, 0.6) is 5.75 Å². The van der Waals surface area contributed by atoms with Crippen LogP contribution in [0.15, 0.2) is 22.7 Å². The molecule has 0 aliphatic heterocycles. The number of nitrogens with one attached hydrogen (secondary N) is 1. The lowest BCUT2D eigenvalue weighted by Gasteiger charge is -2.08. The molecule has 0 saturated carbocycles. The number of hydrogen-bond donors (Lipinski definition) is 1. The molecule has 2 rings (SSSR count). The van der Waals surface area contributed by atoms with Crippen molar-refractivity contribution in [2.45, 2.75) is 26.9 Å². The van der Waals surface area contributed by atoms with Gasteiger partial charge in [0, 0.05) is 17.6 Å². The van der Waals surface area contributed by atoms with Crippen molar-refractivity contribution in [2.24, 2.45) is 0 Å². The Labute approximate surface area is 151 Å². The van der Waals surface area contributed by atoms with Crippen molar-refractivity contribution in [3.63, 3.8) is 0 Å². The molecular weight excluding hydrogens is 348 g/mol. The number of benzene rings is 1. The zero-order valence-electron chi connectivity index (χ0n) is 14.0. The van der Waals surface area contributed by atoms with Gasteiger partial charge < -0.3 is 14.6 Å². The van der Waals surface area contributed by atoms with Gasteiger partial charge in [0.05, 0.1) is 0 Å². The van der Waals surface area contributed by atoms with Crippen molar-refractivity contribution in [1.29, 1.82) is 0 Å². The summed E-state index contributed by atoms with van der Waals surface area (Å²) in [5, 5.41) is 7.33. The summed E-state index contributed by atoms with van der Waals surface area (Å²) < 4.78 is 10.8. The fraction of sp³-hybridized carbons (Fsp3) is 0.412. The molecule has 0 spiro atoms. The first kappa shape index (κ1) is 18.7. The molecule has 1 heterocycles. The Bertz CT molecular complexity index is 680. The number of ether oxygens (including phenoxy) is 1. The first-order chi connectivity index (χ1) is 11.5. The fourth-order valence-corrected chi connectivity index (χ4v) is 2.68. The molecule has 0 radical (unpaired) electrons. The Hall–Kier alpha value is -1.66. The normalized spacial score (nSPS) is 10.7. The average molecular weight is 369 g/mol. The Morgan fingerprint density at radius 3 is 2.71 bits per heavy atom. The number of carbonyl (C=O) groups is 1. The zero-order valence-corrected chi connectivity index (χ0v) is 15.6. The standard InChI is InChI=1S/C17H21ClN2O3S/c1-11-7-13(8-12(2)16(11)18)22-10-14-9-15(20-23-14)17(21)19-5-4-6-24-3/h7-9H,4-6,10H2,1-3H3,(H,19,21). The van der Waals surface area contributed by atoms with Crippen molar-refractivity contribution in [3.05, 3.63) is 45.8 Å². The second-order valence-corrected chi connectivity index (χ2v) is 6.80. The van der Waals surface area contributed by atoms with E-state index in [2.05, 4.69) is 10.5 Å². The number of rotatable bonds is 8. The molecule has 5 nitrogen and oxygen atoms in total. The third kappa shape index (κ3) is 5.18. The minimum absolute atomic E-state index is 0.202. The summed E-state index contributed by atoms with van der Waals surface area (Å²) in [7, 11) is 0. The van der Waals surface area contributed by atoms with Gasteiger partial charge in [-0.2, -0.15) is 11.8 Å². The van der Waals surface area contributed by atoms with E-state index in [4.69, 9.17) is 20.9 Å². The van der Waals surface area contributed by atoms with Gasteiger partial charge in [-0.05, 0) is 55.5 Å². The minimum atomic E-state index is -0.232. The number of halogens is 1. The number of nitrogens with zero attached hydrogens (tertiary/aromatic N) is 1. The van der Waals surface area contributed by atoms with E-state index in [9.17, 15) is 4.79 Å². The van der Waals surface area contributed by atoms with Gasteiger partial charge in [-0.3, -0.25) is 4.79 Å². The summed E-state index contributed by atoms with van der Waals surface area (Å²) in [6.07, 6.45) is 2.96. The smallest absolute Gasteiger partial charge is 0.273 e. The molecule has 2 aromatic rings. The van der Waals surface area contributed by atoms with Crippen LogP contribution in [0.1, 0.15) is 33.8 Å². The number of aromatic nitrogens is 1. The third-order valence-electron chi connectivity index (χ3n) is 3.39. The van der Waals surface area contributed by atoms with Gasteiger partial charge in [0.25, 0.3) is 5.91 Å². The van der Waals surface area contributed by atoms with Gasteiger partial charge in [-0.1, -0.05) is 16.8 Å². The molecule has 0 aliphatic rings. The van der Waals surface area contributed by atoms with E-state index in [-0.39, 0.29) is 18.2 Å². The molecule has 0 saturated heterocycles. The largest absolute Gasteiger partial charge is 0.486 e. The number of hydrogen-bond acceptors (Lipinski definition) is 5. The topological polar surface area (TPSA) is 64.4 Å². The summed E-state index contributed by atoms with van der Waals surface area (Å²) in [6, 6.07) is 5.33. The second kappa shape index (κ2) is 8.99. The molecule has 0 atom stereocenters. The summed E-state index contributed by atoms with van der Waals surface area (Å²) in [5.74, 6) is 1.98. The molecule has 7 heteroatoms.